The number of ether oxygens (including phenoxy) is 1. The second-order valence-corrected chi connectivity index (χ2v) is 7.28. The summed E-state index contributed by atoms with van der Waals surface area (Å²) in [5.41, 5.74) is 6.08. The van der Waals surface area contributed by atoms with E-state index in [1.54, 1.807) is 6.92 Å². The van der Waals surface area contributed by atoms with Crippen LogP contribution in [0, 0.1) is 0 Å². The van der Waals surface area contributed by atoms with Crippen LogP contribution in [0.2, 0.25) is 0 Å². The summed E-state index contributed by atoms with van der Waals surface area (Å²) in [4.78, 5) is 33.3. The molecule has 0 spiro atoms. The Morgan fingerprint density at radius 1 is 0.964 bits per heavy atom. The Labute approximate surface area is 169 Å². The molecular weight excluding hydrogens is 360 g/mol. The molecular formula is C21H38N2O5. The minimum atomic E-state index is -0.938. The van der Waals surface area contributed by atoms with Gasteiger partial charge in [-0.05, 0) is 26.2 Å². The standard InChI is InChI=1S/C21H38N2O5/c1-17(2)21(27)28-16-12-10-8-6-4-3-5-7-9-11-15-23-20(26)18(22)13-14-19(24)25/h18H,1,3-16,22H2,2H3,(H,23,26)(H,24,25)/t18-/m0/s1. The van der Waals surface area contributed by atoms with Crippen molar-refractivity contribution in [3.05, 3.63) is 12.2 Å². The lowest BCUT2D eigenvalue weighted by atomic mass is 10.1. The smallest absolute Gasteiger partial charge is 0.333 e. The Hall–Kier alpha value is -1.89. The fourth-order valence-electron chi connectivity index (χ4n) is 2.68. The number of carboxylic acid groups (broad SMARTS) is 1. The summed E-state index contributed by atoms with van der Waals surface area (Å²) < 4.78 is 5.05. The van der Waals surface area contributed by atoms with Crippen LogP contribution >= 0.6 is 0 Å². The van der Waals surface area contributed by atoms with Crippen LogP contribution in [-0.2, 0) is 19.1 Å². The number of esters is 1. The Morgan fingerprint density at radius 3 is 1.96 bits per heavy atom. The molecule has 0 rings (SSSR count). The average molecular weight is 399 g/mol. The zero-order chi connectivity index (χ0) is 21.2. The molecule has 0 bridgehead atoms. The van der Waals surface area contributed by atoms with Crippen molar-refractivity contribution in [2.75, 3.05) is 13.2 Å². The lowest BCUT2D eigenvalue weighted by molar-refractivity contribution is -0.139. The van der Waals surface area contributed by atoms with Gasteiger partial charge >= 0.3 is 11.9 Å². The summed E-state index contributed by atoms with van der Waals surface area (Å²) in [5.74, 6) is -1.51. The Morgan fingerprint density at radius 2 is 1.46 bits per heavy atom. The molecule has 0 unspecified atom stereocenters. The number of amides is 1. The largest absolute Gasteiger partial charge is 0.481 e. The van der Waals surface area contributed by atoms with Crippen molar-refractivity contribution < 1.29 is 24.2 Å². The first-order chi connectivity index (χ1) is 13.3. The molecule has 0 saturated carbocycles. The van der Waals surface area contributed by atoms with Crippen molar-refractivity contribution in [3.63, 3.8) is 0 Å². The molecule has 7 heteroatoms. The van der Waals surface area contributed by atoms with Gasteiger partial charge in [-0.15, -0.1) is 0 Å². The molecule has 1 atom stereocenters. The molecule has 0 heterocycles. The molecule has 0 aliphatic rings. The first-order valence-corrected chi connectivity index (χ1v) is 10.4. The molecule has 7 nitrogen and oxygen atoms in total. The van der Waals surface area contributed by atoms with E-state index < -0.39 is 12.0 Å². The summed E-state index contributed by atoms with van der Waals surface area (Å²) in [6.07, 6.45) is 11.2. The number of hydrogen-bond acceptors (Lipinski definition) is 5. The van der Waals surface area contributed by atoms with E-state index in [0.29, 0.717) is 18.7 Å². The van der Waals surface area contributed by atoms with Crippen LogP contribution in [0.25, 0.3) is 0 Å². The first-order valence-electron chi connectivity index (χ1n) is 10.4. The number of carboxylic acids is 1. The van der Waals surface area contributed by atoms with Gasteiger partial charge in [0.15, 0.2) is 0 Å². The van der Waals surface area contributed by atoms with Gasteiger partial charge in [0.05, 0.1) is 12.6 Å². The van der Waals surface area contributed by atoms with Crippen LogP contribution in [0.1, 0.15) is 84.0 Å². The predicted molar refractivity (Wildman–Crippen MR) is 110 cm³/mol. The normalized spacial score (nSPS) is 11.6. The van der Waals surface area contributed by atoms with Gasteiger partial charge < -0.3 is 20.9 Å². The SMILES string of the molecule is C=C(C)C(=O)OCCCCCCCCCCCCNC(=O)[C@@H](N)CCC(=O)O. The van der Waals surface area contributed by atoms with Crippen LogP contribution in [0.15, 0.2) is 12.2 Å². The lowest BCUT2D eigenvalue weighted by Gasteiger charge is -2.11. The topological polar surface area (TPSA) is 119 Å². The molecule has 0 aromatic rings. The maximum atomic E-state index is 11.7. The van der Waals surface area contributed by atoms with E-state index in [9.17, 15) is 14.4 Å². The Kier molecular flexibility index (Phi) is 16.1. The molecule has 0 aliphatic heterocycles. The molecule has 0 aliphatic carbocycles. The summed E-state index contributed by atoms with van der Waals surface area (Å²) in [6, 6.07) is -0.741. The minimum Gasteiger partial charge on any atom is -0.481 e. The lowest BCUT2D eigenvalue weighted by Crippen LogP contribution is -2.41. The van der Waals surface area contributed by atoms with E-state index in [0.717, 1.165) is 32.1 Å². The number of nitrogens with two attached hydrogens (primary N) is 1. The highest BCUT2D eigenvalue weighted by Gasteiger charge is 2.13. The summed E-state index contributed by atoms with van der Waals surface area (Å²) in [5, 5.41) is 11.3. The van der Waals surface area contributed by atoms with Crippen LogP contribution in [0.3, 0.4) is 0 Å². The maximum Gasteiger partial charge on any atom is 0.333 e. The van der Waals surface area contributed by atoms with Crippen LogP contribution in [-0.4, -0.2) is 42.1 Å². The van der Waals surface area contributed by atoms with Gasteiger partial charge in [0, 0.05) is 18.5 Å². The summed E-state index contributed by atoms with van der Waals surface area (Å²) >= 11 is 0. The quantitative estimate of drug-likeness (QED) is 0.185. The summed E-state index contributed by atoms with van der Waals surface area (Å²) in [7, 11) is 0. The van der Waals surface area contributed by atoms with Gasteiger partial charge in [0.1, 0.15) is 0 Å². The fraction of sp³-hybridized carbons (Fsp3) is 0.762. The zero-order valence-corrected chi connectivity index (χ0v) is 17.3. The average Bonchev–Trinajstić information content (AvgIpc) is 2.65. The van der Waals surface area contributed by atoms with Crippen molar-refractivity contribution in [1.29, 1.82) is 0 Å². The van der Waals surface area contributed by atoms with Crippen molar-refractivity contribution >= 4 is 17.8 Å². The Bertz CT molecular complexity index is 479. The molecule has 28 heavy (non-hydrogen) atoms. The second-order valence-electron chi connectivity index (χ2n) is 7.28. The van der Waals surface area contributed by atoms with Gasteiger partial charge in [-0.1, -0.05) is 57.9 Å². The van der Waals surface area contributed by atoms with E-state index in [1.807, 2.05) is 0 Å². The highest BCUT2D eigenvalue weighted by molar-refractivity contribution is 5.86. The highest BCUT2D eigenvalue weighted by Crippen LogP contribution is 2.10. The number of hydrogen-bond donors (Lipinski definition) is 3. The molecule has 0 aromatic heterocycles. The van der Waals surface area contributed by atoms with Crippen molar-refractivity contribution in [2.45, 2.75) is 90.0 Å². The van der Waals surface area contributed by atoms with Gasteiger partial charge in [0.2, 0.25) is 5.91 Å². The molecule has 162 valence electrons. The number of unbranched alkanes of at least 4 members (excludes halogenated alkanes) is 9. The van der Waals surface area contributed by atoms with Gasteiger partial charge in [-0.3, -0.25) is 9.59 Å². The number of rotatable bonds is 18. The molecule has 0 aromatic carbocycles. The summed E-state index contributed by atoms with van der Waals surface area (Å²) in [6.45, 7) is 6.27. The molecule has 4 N–H and O–H groups in total. The van der Waals surface area contributed by atoms with Crippen LogP contribution in [0.5, 0.6) is 0 Å². The molecule has 0 saturated heterocycles. The van der Waals surface area contributed by atoms with E-state index >= 15 is 0 Å². The number of aliphatic carboxylic acids is 1. The Balaban J connectivity index is 3.31. The van der Waals surface area contributed by atoms with Gasteiger partial charge in [0.25, 0.3) is 0 Å². The van der Waals surface area contributed by atoms with Crippen molar-refractivity contribution in [2.24, 2.45) is 5.73 Å². The molecule has 0 fully saturated rings. The van der Waals surface area contributed by atoms with Crippen LogP contribution < -0.4 is 11.1 Å². The van der Waals surface area contributed by atoms with E-state index in [4.69, 9.17) is 15.6 Å². The third-order valence-corrected chi connectivity index (χ3v) is 4.46. The monoisotopic (exact) mass is 398 g/mol. The van der Waals surface area contributed by atoms with Gasteiger partial charge in [-0.2, -0.15) is 0 Å². The number of carbonyl (C=O) groups excluding carboxylic acids is 2. The number of carbonyl (C=O) groups is 3. The van der Waals surface area contributed by atoms with E-state index in [2.05, 4.69) is 11.9 Å². The highest BCUT2D eigenvalue weighted by atomic mass is 16.5. The van der Waals surface area contributed by atoms with Crippen LogP contribution in [0.4, 0.5) is 0 Å². The van der Waals surface area contributed by atoms with Crippen molar-refractivity contribution in [1.82, 2.24) is 5.32 Å². The minimum absolute atomic E-state index is 0.0863. The van der Waals surface area contributed by atoms with Gasteiger partial charge in [-0.25, -0.2) is 4.79 Å². The first kappa shape index (κ1) is 26.1. The fourth-order valence-corrected chi connectivity index (χ4v) is 2.68. The predicted octanol–water partition coefficient (Wildman–Crippen LogP) is 3.32. The van der Waals surface area contributed by atoms with Crippen molar-refractivity contribution in [3.8, 4) is 0 Å². The molecule has 1 amide bonds. The van der Waals surface area contributed by atoms with E-state index in [1.165, 1.54) is 32.1 Å². The van der Waals surface area contributed by atoms with E-state index in [-0.39, 0.29) is 24.7 Å². The molecule has 0 radical (unpaired) electrons. The maximum absolute atomic E-state index is 11.7. The number of nitrogens with one attached hydrogen (secondary N) is 1. The third-order valence-electron chi connectivity index (χ3n) is 4.46. The zero-order valence-electron chi connectivity index (χ0n) is 17.3. The second kappa shape index (κ2) is 17.2. The third kappa shape index (κ3) is 16.3.